The predicted molar refractivity (Wildman–Crippen MR) is 89.9 cm³/mol. The molecule has 1 heterocycles. The van der Waals surface area contributed by atoms with Gasteiger partial charge in [-0.3, -0.25) is 4.72 Å². The third-order valence-corrected chi connectivity index (χ3v) is 4.89. The minimum absolute atomic E-state index is 0.0205. The highest BCUT2D eigenvalue weighted by atomic mass is 32.2. The normalized spacial score (nSPS) is 11.1. The summed E-state index contributed by atoms with van der Waals surface area (Å²) in [5, 5.41) is 12.9. The Hall–Kier alpha value is -3.45. The van der Waals surface area contributed by atoms with Gasteiger partial charge in [0.2, 0.25) is 0 Å². The summed E-state index contributed by atoms with van der Waals surface area (Å²) in [5.74, 6) is -2.09. The molecule has 132 valence electrons. The number of anilines is 2. The molecule has 0 spiro atoms. The van der Waals surface area contributed by atoms with Crippen LogP contribution >= 0.6 is 0 Å². The summed E-state index contributed by atoms with van der Waals surface area (Å²) < 4.78 is 55.2. The monoisotopic (exact) mass is 375 g/mol. The molecule has 0 saturated heterocycles. The lowest BCUT2D eigenvalue weighted by Crippen LogP contribution is -2.17. The van der Waals surface area contributed by atoms with Crippen LogP contribution in [0.3, 0.4) is 0 Å². The fraction of sp³-hybridized carbons (Fsp3) is 0. The van der Waals surface area contributed by atoms with E-state index in [1.807, 2.05) is 6.07 Å². The third kappa shape index (κ3) is 3.07. The Labute approximate surface area is 147 Å². The van der Waals surface area contributed by atoms with Crippen LogP contribution in [-0.2, 0) is 10.0 Å². The molecule has 3 N–H and O–H groups in total. The van der Waals surface area contributed by atoms with Crippen molar-refractivity contribution in [3.05, 3.63) is 65.9 Å². The predicted octanol–water partition coefficient (Wildman–Crippen LogP) is 2.41. The highest BCUT2D eigenvalue weighted by Gasteiger charge is 2.22. The van der Waals surface area contributed by atoms with Gasteiger partial charge in [-0.2, -0.15) is 10.4 Å². The molecule has 0 aliphatic heterocycles. The number of rotatable bonds is 4. The SMILES string of the molecule is N#Cc1cnn(-c2ccccc2NS(=O)(=O)c2ccc(F)cc2F)c1N. The van der Waals surface area contributed by atoms with Crippen molar-refractivity contribution < 1.29 is 17.2 Å². The van der Waals surface area contributed by atoms with E-state index in [1.54, 1.807) is 12.1 Å². The first-order valence-electron chi connectivity index (χ1n) is 7.14. The van der Waals surface area contributed by atoms with E-state index in [0.29, 0.717) is 6.07 Å². The summed E-state index contributed by atoms with van der Waals surface area (Å²) in [6, 6.07) is 10.1. The number of nitriles is 1. The van der Waals surface area contributed by atoms with Gasteiger partial charge in [0.25, 0.3) is 10.0 Å². The van der Waals surface area contributed by atoms with Crippen molar-refractivity contribution in [3.8, 4) is 11.8 Å². The number of sulfonamides is 1. The second-order valence-electron chi connectivity index (χ2n) is 5.16. The van der Waals surface area contributed by atoms with Crippen LogP contribution in [0.25, 0.3) is 5.69 Å². The van der Waals surface area contributed by atoms with Crippen LogP contribution in [0.5, 0.6) is 0 Å². The van der Waals surface area contributed by atoms with Crippen molar-refractivity contribution in [2.75, 3.05) is 10.5 Å². The summed E-state index contributed by atoms with van der Waals surface area (Å²) >= 11 is 0. The van der Waals surface area contributed by atoms with E-state index in [2.05, 4.69) is 9.82 Å². The minimum atomic E-state index is -4.34. The molecule has 0 amide bonds. The molecule has 0 atom stereocenters. The molecule has 10 heteroatoms. The number of para-hydroxylation sites is 2. The first-order valence-corrected chi connectivity index (χ1v) is 8.62. The van der Waals surface area contributed by atoms with E-state index in [4.69, 9.17) is 11.0 Å². The van der Waals surface area contributed by atoms with Crippen molar-refractivity contribution in [2.45, 2.75) is 4.90 Å². The van der Waals surface area contributed by atoms with Gasteiger partial charge in [0.1, 0.15) is 34.0 Å². The van der Waals surface area contributed by atoms with Crippen LogP contribution in [0.15, 0.2) is 53.6 Å². The highest BCUT2D eigenvalue weighted by Crippen LogP contribution is 2.27. The number of nitrogens with one attached hydrogen (secondary N) is 1. The second-order valence-corrected chi connectivity index (χ2v) is 6.82. The van der Waals surface area contributed by atoms with E-state index in [-0.39, 0.29) is 22.8 Å². The lowest BCUT2D eigenvalue weighted by atomic mass is 10.2. The van der Waals surface area contributed by atoms with E-state index in [9.17, 15) is 17.2 Å². The van der Waals surface area contributed by atoms with Crippen molar-refractivity contribution in [2.24, 2.45) is 0 Å². The highest BCUT2D eigenvalue weighted by molar-refractivity contribution is 7.92. The average Bonchev–Trinajstić information content (AvgIpc) is 2.95. The van der Waals surface area contributed by atoms with Gasteiger partial charge in [-0.05, 0) is 24.3 Å². The minimum Gasteiger partial charge on any atom is -0.382 e. The molecule has 3 rings (SSSR count). The smallest absolute Gasteiger partial charge is 0.264 e. The molecule has 0 radical (unpaired) electrons. The Morgan fingerprint density at radius 3 is 2.58 bits per heavy atom. The van der Waals surface area contributed by atoms with E-state index < -0.39 is 26.6 Å². The molecule has 1 aromatic heterocycles. The number of hydrogen-bond donors (Lipinski definition) is 2. The topological polar surface area (TPSA) is 114 Å². The van der Waals surface area contributed by atoms with Crippen LogP contribution in [0.4, 0.5) is 20.3 Å². The number of nitrogens with zero attached hydrogens (tertiary/aromatic N) is 3. The molecule has 7 nitrogen and oxygen atoms in total. The molecule has 2 aromatic carbocycles. The maximum Gasteiger partial charge on any atom is 0.264 e. The van der Waals surface area contributed by atoms with Crippen LogP contribution in [0, 0.1) is 23.0 Å². The Balaban J connectivity index is 2.06. The van der Waals surface area contributed by atoms with Gasteiger partial charge < -0.3 is 5.73 Å². The molecule has 26 heavy (non-hydrogen) atoms. The zero-order valence-corrected chi connectivity index (χ0v) is 13.8. The van der Waals surface area contributed by atoms with Gasteiger partial charge in [-0.15, -0.1) is 0 Å². The number of aromatic nitrogens is 2. The van der Waals surface area contributed by atoms with Gasteiger partial charge in [-0.1, -0.05) is 12.1 Å². The Kier molecular flexibility index (Phi) is 4.31. The van der Waals surface area contributed by atoms with Crippen molar-refractivity contribution >= 4 is 21.5 Å². The zero-order valence-electron chi connectivity index (χ0n) is 13.0. The summed E-state index contributed by atoms with van der Waals surface area (Å²) in [6.07, 6.45) is 1.24. The lowest BCUT2D eigenvalue weighted by molar-refractivity contribution is 0.551. The van der Waals surface area contributed by atoms with Crippen LogP contribution < -0.4 is 10.5 Å². The zero-order chi connectivity index (χ0) is 18.9. The largest absolute Gasteiger partial charge is 0.382 e. The quantitative estimate of drug-likeness (QED) is 0.727. The van der Waals surface area contributed by atoms with Crippen molar-refractivity contribution in [1.82, 2.24) is 9.78 Å². The summed E-state index contributed by atoms with van der Waals surface area (Å²) in [5.41, 5.74) is 6.23. The van der Waals surface area contributed by atoms with Crippen molar-refractivity contribution in [3.63, 3.8) is 0 Å². The molecule has 3 aromatic rings. The van der Waals surface area contributed by atoms with Crippen LogP contribution in [-0.4, -0.2) is 18.2 Å². The molecular weight excluding hydrogens is 364 g/mol. The molecular formula is C16H11F2N5O2S. The van der Waals surface area contributed by atoms with Gasteiger partial charge in [0.05, 0.1) is 17.6 Å². The van der Waals surface area contributed by atoms with Crippen LogP contribution in [0.2, 0.25) is 0 Å². The maximum absolute atomic E-state index is 13.9. The number of nitrogen functional groups attached to an aromatic ring is 1. The average molecular weight is 375 g/mol. The molecule has 0 bridgehead atoms. The maximum atomic E-state index is 13.9. The van der Waals surface area contributed by atoms with Gasteiger partial charge in [0.15, 0.2) is 0 Å². The van der Waals surface area contributed by atoms with E-state index >= 15 is 0 Å². The number of halogens is 2. The second kappa shape index (κ2) is 6.45. The Bertz CT molecular complexity index is 1140. The summed E-state index contributed by atoms with van der Waals surface area (Å²) in [7, 11) is -4.34. The standard InChI is InChI=1S/C16H11F2N5O2S/c17-11-5-6-15(12(18)7-11)26(24,25)22-13-3-1-2-4-14(13)23-16(20)10(8-19)9-21-23/h1-7,9,22H,20H2. The van der Waals surface area contributed by atoms with E-state index in [1.165, 1.54) is 23.0 Å². The first-order chi connectivity index (χ1) is 12.3. The van der Waals surface area contributed by atoms with Crippen LogP contribution in [0.1, 0.15) is 5.56 Å². The molecule has 0 unspecified atom stereocenters. The molecule has 0 fully saturated rings. The molecule has 0 aliphatic rings. The van der Waals surface area contributed by atoms with E-state index in [0.717, 1.165) is 12.1 Å². The first kappa shape index (κ1) is 17.4. The van der Waals surface area contributed by atoms with Crippen molar-refractivity contribution in [1.29, 1.82) is 5.26 Å². The van der Waals surface area contributed by atoms with Gasteiger partial charge in [-0.25, -0.2) is 21.9 Å². The fourth-order valence-electron chi connectivity index (χ4n) is 2.27. The molecule has 0 aliphatic carbocycles. The van der Waals surface area contributed by atoms with Gasteiger partial charge in [0, 0.05) is 6.07 Å². The molecule has 0 saturated carbocycles. The fourth-order valence-corrected chi connectivity index (χ4v) is 3.41. The Morgan fingerprint density at radius 2 is 1.92 bits per heavy atom. The summed E-state index contributed by atoms with van der Waals surface area (Å²) in [6.45, 7) is 0. The third-order valence-electron chi connectivity index (χ3n) is 3.49. The lowest BCUT2D eigenvalue weighted by Gasteiger charge is -2.14. The number of hydrogen-bond acceptors (Lipinski definition) is 5. The Morgan fingerprint density at radius 1 is 1.19 bits per heavy atom. The summed E-state index contributed by atoms with van der Waals surface area (Å²) in [4.78, 5) is -0.708. The van der Waals surface area contributed by atoms with Gasteiger partial charge >= 0.3 is 0 Å². The number of nitrogens with two attached hydrogens (primary N) is 1. The number of benzene rings is 2.